The lowest BCUT2D eigenvalue weighted by atomic mass is 10.1. The van der Waals surface area contributed by atoms with Crippen LogP contribution in [-0.4, -0.2) is 19.9 Å². The van der Waals surface area contributed by atoms with Gasteiger partial charge in [0.1, 0.15) is 0 Å². The number of rotatable bonds is 1. The van der Waals surface area contributed by atoms with Gasteiger partial charge in [0.05, 0.1) is 22.8 Å². The molecule has 5 nitrogen and oxygen atoms in total. The Morgan fingerprint density at radius 2 is 1.19 bits per heavy atom. The Hall–Kier alpha value is -4.38. The number of nitrogens with zero attached hydrogens (tertiary/aromatic N) is 2. The standard InChI is InChI=1S/C26H19N5/c27-17-3-1-2-16(10-17)25-14-24-13-22-7-6-20(29-22)11-18-4-5-19(28-18)12-21-8-9-23(30-21)15-26(25)31-24/h1-15,28,31H,27H2. The highest BCUT2D eigenvalue weighted by atomic mass is 14.8. The van der Waals surface area contributed by atoms with Gasteiger partial charge in [-0.05, 0) is 84.5 Å². The Bertz CT molecular complexity index is 1550. The Balaban J connectivity index is 1.68. The molecule has 2 aliphatic rings. The molecule has 0 saturated heterocycles. The van der Waals surface area contributed by atoms with Crippen LogP contribution < -0.4 is 5.73 Å². The van der Waals surface area contributed by atoms with Gasteiger partial charge in [-0.3, -0.25) is 0 Å². The van der Waals surface area contributed by atoms with E-state index in [1.165, 1.54) is 0 Å². The predicted octanol–water partition coefficient (Wildman–Crippen LogP) is 5.90. The number of H-pyrrole nitrogens is 2. The molecule has 4 aromatic rings. The van der Waals surface area contributed by atoms with Crippen molar-refractivity contribution in [2.75, 3.05) is 5.73 Å². The number of hydrogen-bond acceptors (Lipinski definition) is 3. The zero-order valence-corrected chi connectivity index (χ0v) is 16.6. The molecule has 0 unspecified atom stereocenters. The third-order valence-electron chi connectivity index (χ3n) is 5.37. The number of nitrogens with one attached hydrogen (secondary N) is 2. The van der Waals surface area contributed by atoms with Gasteiger partial charge in [-0.1, -0.05) is 12.1 Å². The van der Waals surface area contributed by atoms with Crippen LogP contribution in [0.15, 0.2) is 66.7 Å². The number of benzene rings is 1. The number of fused-ring (bicyclic) bond motifs is 8. The highest BCUT2D eigenvalue weighted by Crippen LogP contribution is 2.28. The summed E-state index contributed by atoms with van der Waals surface area (Å²) in [6.07, 6.45) is 8.09. The van der Waals surface area contributed by atoms with Crippen LogP contribution in [0.4, 0.5) is 5.69 Å². The minimum atomic E-state index is 0.736. The van der Waals surface area contributed by atoms with Gasteiger partial charge in [0, 0.05) is 33.3 Å². The number of hydrogen-bond donors (Lipinski definition) is 3. The fraction of sp³-hybridized carbons (Fsp3) is 0. The van der Waals surface area contributed by atoms with Gasteiger partial charge in [0.2, 0.25) is 0 Å². The first kappa shape index (κ1) is 17.5. The molecule has 5 heterocycles. The SMILES string of the molecule is Nc1cccc(-c2cc3cc4nc(cc5ccc(cc6nc(cc2[nH]3)C=C6)[nH]5)C=C4)c1. The van der Waals surface area contributed by atoms with E-state index in [-0.39, 0.29) is 0 Å². The summed E-state index contributed by atoms with van der Waals surface area (Å²) < 4.78 is 0. The summed E-state index contributed by atoms with van der Waals surface area (Å²) in [6, 6.07) is 22.3. The van der Waals surface area contributed by atoms with Crippen molar-refractivity contribution < 1.29 is 0 Å². The molecule has 0 radical (unpaired) electrons. The molecule has 1 aromatic carbocycles. The molecule has 5 heteroatoms. The van der Waals surface area contributed by atoms with Gasteiger partial charge >= 0.3 is 0 Å². The van der Waals surface area contributed by atoms with Crippen LogP contribution in [0.5, 0.6) is 0 Å². The van der Waals surface area contributed by atoms with E-state index in [9.17, 15) is 0 Å². The number of anilines is 1. The summed E-state index contributed by atoms with van der Waals surface area (Å²) in [6.45, 7) is 0. The summed E-state index contributed by atoms with van der Waals surface area (Å²) in [7, 11) is 0. The summed E-state index contributed by atoms with van der Waals surface area (Å²) in [4.78, 5) is 16.4. The van der Waals surface area contributed by atoms with E-state index < -0.39 is 0 Å². The number of nitrogens with two attached hydrogens (primary N) is 1. The number of nitrogen functional groups attached to an aromatic ring is 1. The smallest absolute Gasteiger partial charge is 0.0658 e. The maximum Gasteiger partial charge on any atom is 0.0658 e. The van der Waals surface area contributed by atoms with E-state index in [0.29, 0.717) is 0 Å². The van der Waals surface area contributed by atoms with Crippen molar-refractivity contribution in [3.8, 4) is 11.1 Å². The van der Waals surface area contributed by atoms with Crippen LogP contribution in [0.2, 0.25) is 0 Å². The molecule has 0 saturated carbocycles. The molecule has 0 spiro atoms. The summed E-state index contributed by atoms with van der Waals surface area (Å²) >= 11 is 0. The van der Waals surface area contributed by atoms with Gasteiger partial charge in [0.15, 0.2) is 0 Å². The molecule has 0 aliphatic carbocycles. The monoisotopic (exact) mass is 401 g/mol. The van der Waals surface area contributed by atoms with Crippen molar-refractivity contribution in [1.29, 1.82) is 0 Å². The minimum Gasteiger partial charge on any atom is -0.399 e. The third kappa shape index (κ3) is 3.42. The van der Waals surface area contributed by atoms with E-state index >= 15 is 0 Å². The molecule has 0 fully saturated rings. The molecule has 8 bridgehead atoms. The highest BCUT2D eigenvalue weighted by molar-refractivity contribution is 5.88. The first-order chi connectivity index (χ1) is 15.2. The maximum atomic E-state index is 6.05. The lowest BCUT2D eigenvalue weighted by Gasteiger charge is -2.00. The van der Waals surface area contributed by atoms with Crippen LogP contribution in [0, 0.1) is 0 Å². The summed E-state index contributed by atoms with van der Waals surface area (Å²) in [5.74, 6) is 0. The summed E-state index contributed by atoms with van der Waals surface area (Å²) in [5, 5.41) is 0. The molecule has 31 heavy (non-hydrogen) atoms. The van der Waals surface area contributed by atoms with Crippen LogP contribution in [0.3, 0.4) is 0 Å². The van der Waals surface area contributed by atoms with Crippen molar-refractivity contribution in [2.45, 2.75) is 0 Å². The molecule has 2 aliphatic heterocycles. The Morgan fingerprint density at radius 3 is 1.84 bits per heavy atom. The highest BCUT2D eigenvalue weighted by Gasteiger charge is 2.07. The van der Waals surface area contributed by atoms with E-state index in [2.05, 4.69) is 28.2 Å². The fourth-order valence-corrected chi connectivity index (χ4v) is 3.96. The van der Waals surface area contributed by atoms with Crippen molar-refractivity contribution >= 4 is 52.1 Å². The van der Waals surface area contributed by atoms with Gasteiger partial charge in [0.25, 0.3) is 0 Å². The van der Waals surface area contributed by atoms with Crippen molar-refractivity contribution in [2.24, 2.45) is 0 Å². The molecule has 3 aromatic heterocycles. The molecule has 4 N–H and O–H groups in total. The number of aromatic amines is 2. The van der Waals surface area contributed by atoms with Crippen LogP contribution >= 0.6 is 0 Å². The largest absolute Gasteiger partial charge is 0.399 e. The van der Waals surface area contributed by atoms with E-state index in [4.69, 9.17) is 15.7 Å². The average Bonchev–Trinajstić information content (AvgIpc) is 3.53. The lowest BCUT2D eigenvalue weighted by molar-refractivity contribution is 1.31. The topological polar surface area (TPSA) is 83.4 Å². The number of aromatic nitrogens is 4. The second kappa shape index (κ2) is 6.85. The summed E-state index contributed by atoms with van der Waals surface area (Å²) in [5.41, 5.74) is 16.5. The van der Waals surface area contributed by atoms with Crippen LogP contribution in [-0.2, 0) is 0 Å². The van der Waals surface area contributed by atoms with Crippen LogP contribution in [0.1, 0.15) is 22.8 Å². The molecule has 0 atom stereocenters. The molecule has 0 amide bonds. The second-order valence-corrected chi connectivity index (χ2v) is 7.71. The first-order valence-corrected chi connectivity index (χ1v) is 10.1. The molecule has 6 rings (SSSR count). The van der Waals surface area contributed by atoms with Crippen molar-refractivity contribution in [3.63, 3.8) is 0 Å². The molecular weight excluding hydrogens is 382 g/mol. The van der Waals surface area contributed by atoms with E-state index in [1.807, 2.05) is 72.8 Å². The fourth-order valence-electron chi connectivity index (χ4n) is 3.96. The predicted molar refractivity (Wildman–Crippen MR) is 129 cm³/mol. The van der Waals surface area contributed by atoms with Gasteiger partial charge in [-0.2, -0.15) is 0 Å². The Labute approximate surface area is 178 Å². The van der Waals surface area contributed by atoms with E-state index in [1.54, 1.807) is 0 Å². The Kier molecular flexibility index (Phi) is 3.86. The minimum absolute atomic E-state index is 0.736. The van der Waals surface area contributed by atoms with Crippen molar-refractivity contribution in [3.05, 3.63) is 89.5 Å². The zero-order chi connectivity index (χ0) is 20.8. The average molecular weight is 401 g/mol. The molecule has 148 valence electrons. The zero-order valence-electron chi connectivity index (χ0n) is 16.6. The quantitative estimate of drug-likeness (QED) is 0.300. The van der Waals surface area contributed by atoms with Gasteiger partial charge < -0.3 is 15.7 Å². The third-order valence-corrected chi connectivity index (χ3v) is 5.37. The van der Waals surface area contributed by atoms with Gasteiger partial charge in [-0.25, -0.2) is 9.97 Å². The second-order valence-electron chi connectivity index (χ2n) is 7.71. The van der Waals surface area contributed by atoms with E-state index in [0.717, 1.165) is 61.7 Å². The first-order valence-electron chi connectivity index (χ1n) is 10.1. The van der Waals surface area contributed by atoms with Crippen LogP contribution in [0.25, 0.3) is 57.5 Å². The Morgan fingerprint density at radius 1 is 0.581 bits per heavy atom. The lowest BCUT2D eigenvalue weighted by Crippen LogP contribution is -1.84. The molecular formula is C26H19N5. The normalized spacial score (nSPS) is 12.4. The van der Waals surface area contributed by atoms with Gasteiger partial charge in [-0.15, -0.1) is 0 Å². The maximum absolute atomic E-state index is 6.05. The van der Waals surface area contributed by atoms with Crippen molar-refractivity contribution in [1.82, 2.24) is 19.9 Å².